The maximum absolute atomic E-state index is 11.0. The third-order valence-corrected chi connectivity index (χ3v) is 12.6. The summed E-state index contributed by atoms with van der Waals surface area (Å²) in [6.07, 6.45) is 0. The summed E-state index contributed by atoms with van der Waals surface area (Å²) in [5.41, 5.74) is 13.4. The van der Waals surface area contributed by atoms with Crippen LogP contribution in [0.2, 0.25) is 0 Å². The van der Waals surface area contributed by atoms with Crippen LogP contribution < -0.4 is 0 Å². The number of aromatic nitrogens is 2. The quantitative estimate of drug-likeness (QED) is 0.178. The van der Waals surface area contributed by atoms with Gasteiger partial charge in [-0.1, -0.05) is 109 Å². The lowest BCUT2D eigenvalue weighted by Gasteiger charge is -2.17. The minimum Gasteiger partial charge on any atom is -0.455 e. The largest absolute Gasteiger partial charge is 0.455 e. The van der Waals surface area contributed by atoms with Crippen LogP contribution in [-0.2, 0) is 0 Å². The average molecular weight is 791 g/mol. The summed E-state index contributed by atoms with van der Waals surface area (Å²) in [6.45, 7) is 0. The van der Waals surface area contributed by atoms with Crippen molar-refractivity contribution in [2.75, 3.05) is 0 Å². The van der Waals surface area contributed by atoms with Crippen LogP contribution in [0.25, 0.3) is 121 Å². The van der Waals surface area contributed by atoms with E-state index in [1.54, 1.807) is 6.07 Å². The van der Waals surface area contributed by atoms with E-state index >= 15 is 0 Å². The van der Waals surface area contributed by atoms with Gasteiger partial charge in [0.05, 0.1) is 50.0 Å². The van der Waals surface area contributed by atoms with Gasteiger partial charge in [0.15, 0.2) is 0 Å². The van der Waals surface area contributed by atoms with Gasteiger partial charge in [-0.25, -0.2) is 0 Å². The predicted molar refractivity (Wildman–Crippen MR) is 250 cm³/mol. The molecular formula is C56H30N4O2. The molecule has 0 aliphatic carbocycles. The molecule has 0 unspecified atom stereocenters. The van der Waals surface area contributed by atoms with Crippen LogP contribution in [0.3, 0.4) is 0 Å². The number of para-hydroxylation sites is 4. The predicted octanol–water partition coefficient (Wildman–Crippen LogP) is 14.8. The van der Waals surface area contributed by atoms with Crippen LogP contribution in [0, 0.1) is 22.7 Å². The molecule has 0 spiro atoms. The molecule has 0 saturated heterocycles. The lowest BCUT2D eigenvalue weighted by Crippen LogP contribution is -2.01. The maximum atomic E-state index is 11.0. The summed E-state index contributed by atoms with van der Waals surface area (Å²) in [4.78, 5) is 0. The van der Waals surface area contributed by atoms with Gasteiger partial charge in [-0.2, -0.15) is 10.5 Å². The molecule has 0 N–H and O–H groups in total. The highest BCUT2D eigenvalue weighted by Crippen LogP contribution is 2.45. The Balaban J connectivity index is 1.16. The smallest absolute Gasteiger partial charge is 0.145 e. The second-order valence-electron chi connectivity index (χ2n) is 15.8. The Morgan fingerprint density at radius 2 is 0.855 bits per heavy atom. The Hall–Kier alpha value is -8.84. The van der Waals surface area contributed by atoms with Gasteiger partial charge >= 0.3 is 0 Å². The van der Waals surface area contributed by atoms with E-state index in [2.05, 4.69) is 137 Å². The van der Waals surface area contributed by atoms with Crippen LogP contribution in [0.5, 0.6) is 0 Å². The van der Waals surface area contributed by atoms with Gasteiger partial charge in [0.2, 0.25) is 0 Å². The number of rotatable bonds is 4. The molecule has 6 nitrogen and oxygen atoms in total. The second kappa shape index (κ2) is 12.8. The van der Waals surface area contributed by atoms with E-state index in [1.165, 1.54) is 0 Å². The molecule has 0 radical (unpaired) electrons. The minimum atomic E-state index is 0.496. The van der Waals surface area contributed by atoms with Crippen LogP contribution in [0.15, 0.2) is 191 Å². The number of hydrogen-bond donors (Lipinski definition) is 0. The summed E-state index contributed by atoms with van der Waals surface area (Å²) in [5.74, 6) is 0. The molecule has 286 valence electrons. The highest BCUT2D eigenvalue weighted by atomic mass is 16.3. The van der Waals surface area contributed by atoms with E-state index in [1.807, 2.05) is 60.7 Å². The molecule has 4 aromatic heterocycles. The molecule has 0 aliphatic rings. The van der Waals surface area contributed by atoms with E-state index < -0.39 is 0 Å². The molecule has 0 amide bonds. The molecule has 0 atom stereocenters. The average Bonchev–Trinajstić information content (AvgIpc) is 4.08. The van der Waals surface area contributed by atoms with E-state index in [4.69, 9.17) is 8.83 Å². The first-order chi connectivity index (χ1) is 30.7. The van der Waals surface area contributed by atoms with Crippen molar-refractivity contribution in [2.24, 2.45) is 0 Å². The fourth-order valence-electron chi connectivity index (χ4n) is 9.99. The fourth-order valence-corrected chi connectivity index (χ4v) is 9.99. The van der Waals surface area contributed by atoms with Crippen molar-refractivity contribution in [3.63, 3.8) is 0 Å². The van der Waals surface area contributed by atoms with Crippen molar-refractivity contribution >= 4 is 87.5 Å². The molecule has 0 saturated carbocycles. The SMILES string of the molecule is N#Cc1ccccc1-c1cccc(-c2cc(-n3c4ccccc4c4c5oc6ccccc6c5ccc43)cc(-n3c4ccccc4c4c5oc6ccccc6c5ccc43)c2)c1C#N. The summed E-state index contributed by atoms with van der Waals surface area (Å²) in [7, 11) is 0. The molecule has 0 aliphatic heterocycles. The van der Waals surface area contributed by atoms with Gasteiger partial charge in [-0.15, -0.1) is 0 Å². The van der Waals surface area contributed by atoms with Gasteiger partial charge in [0.1, 0.15) is 28.4 Å². The Labute approximate surface area is 353 Å². The van der Waals surface area contributed by atoms with Crippen LogP contribution in [0.1, 0.15) is 11.1 Å². The van der Waals surface area contributed by atoms with Gasteiger partial charge in [-0.05, 0) is 78.4 Å². The molecular weight excluding hydrogens is 761 g/mol. The Morgan fingerprint density at radius 3 is 1.42 bits per heavy atom. The number of nitrogens with zero attached hydrogens (tertiary/aromatic N) is 4. The molecule has 6 heteroatoms. The number of benzene rings is 9. The zero-order chi connectivity index (χ0) is 41.1. The van der Waals surface area contributed by atoms with Gasteiger partial charge < -0.3 is 18.0 Å². The first-order valence-electron chi connectivity index (χ1n) is 20.5. The number of nitriles is 2. The van der Waals surface area contributed by atoms with Crippen molar-refractivity contribution in [1.29, 1.82) is 10.5 Å². The van der Waals surface area contributed by atoms with E-state index in [0.717, 1.165) is 116 Å². The van der Waals surface area contributed by atoms with Crippen molar-refractivity contribution < 1.29 is 8.83 Å². The normalized spacial score (nSPS) is 11.8. The fraction of sp³-hybridized carbons (Fsp3) is 0. The van der Waals surface area contributed by atoms with Crippen LogP contribution >= 0.6 is 0 Å². The summed E-state index contributed by atoms with van der Waals surface area (Å²) < 4.78 is 18.0. The summed E-state index contributed by atoms with van der Waals surface area (Å²) >= 11 is 0. The van der Waals surface area contributed by atoms with E-state index in [0.29, 0.717) is 16.7 Å². The number of furan rings is 2. The second-order valence-corrected chi connectivity index (χ2v) is 15.8. The van der Waals surface area contributed by atoms with Crippen molar-refractivity contribution in [2.45, 2.75) is 0 Å². The van der Waals surface area contributed by atoms with Crippen molar-refractivity contribution in [1.82, 2.24) is 9.13 Å². The number of hydrogen-bond acceptors (Lipinski definition) is 4. The molecule has 0 bridgehead atoms. The van der Waals surface area contributed by atoms with Gasteiger partial charge in [0.25, 0.3) is 0 Å². The van der Waals surface area contributed by atoms with Gasteiger partial charge in [0, 0.05) is 60.4 Å². The molecule has 13 aromatic rings. The zero-order valence-electron chi connectivity index (χ0n) is 32.9. The molecule has 13 rings (SSSR count). The summed E-state index contributed by atoms with van der Waals surface area (Å²) in [5, 5.41) is 29.7. The third kappa shape index (κ3) is 4.66. The maximum Gasteiger partial charge on any atom is 0.145 e. The first kappa shape index (κ1) is 34.1. The third-order valence-electron chi connectivity index (χ3n) is 12.6. The zero-order valence-corrected chi connectivity index (χ0v) is 32.9. The Morgan fingerprint density at radius 1 is 0.371 bits per heavy atom. The molecule has 9 aromatic carbocycles. The minimum absolute atomic E-state index is 0.496. The molecule has 0 fully saturated rings. The monoisotopic (exact) mass is 790 g/mol. The van der Waals surface area contributed by atoms with Gasteiger partial charge in [-0.3, -0.25) is 0 Å². The Kier molecular flexibility index (Phi) is 7.05. The van der Waals surface area contributed by atoms with Crippen molar-refractivity contribution in [3.05, 3.63) is 193 Å². The summed E-state index contributed by atoms with van der Waals surface area (Å²) in [6, 6.07) is 67.0. The molecule has 4 heterocycles. The highest BCUT2D eigenvalue weighted by Gasteiger charge is 2.23. The lowest BCUT2D eigenvalue weighted by molar-refractivity contribution is 0.672. The van der Waals surface area contributed by atoms with Crippen LogP contribution in [-0.4, -0.2) is 9.13 Å². The number of fused-ring (bicyclic) bond motifs is 14. The van der Waals surface area contributed by atoms with Crippen LogP contribution in [0.4, 0.5) is 0 Å². The standard InChI is InChI=1S/C56H30N4O2/c57-31-33-12-1-2-13-37(33)39-19-11-18-38(46(39)32-58)34-28-35(59-47-20-7-3-16-44(47)53-49(59)26-24-42-40-14-5-9-22-51(40)61-55(42)53)30-36(29-34)60-48-21-8-4-17-45(48)54-50(60)27-25-43-41-15-6-10-23-52(41)62-56(43)54/h1-30H. The highest BCUT2D eigenvalue weighted by molar-refractivity contribution is 6.25. The Bertz CT molecular complexity index is 3940. The topological polar surface area (TPSA) is 83.7 Å². The van der Waals surface area contributed by atoms with E-state index in [-0.39, 0.29) is 0 Å². The van der Waals surface area contributed by atoms with Crippen molar-refractivity contribution in [3.8, 4) is 45.8 Å². The molecule has 62 heavy (non-hydrogen) atoms. The lowest BCUT2D eigenvalue weighted by atomic mass is 9.90. The first-order valence-corrected chi connectivity index (χ1v) is 20.5. The van der Waals surface area contributed by atoms with E-state index in [9.17, 15) is 10.5 Å².